The quantitative estimate of drug-likeness (QED) is 0.186. The number of benzene rings is 4. The summed E-state index contributed by atoms with van der Waals surface area (Å²) < 4.78 is 26.3. The highest BCUT2D eigenvalue weighted by Gasteiger charge is 2.46. The molecule has 1 fully saturated rings. The predicted octanol–water partition coefficient (Wildman–Crippen LogP) is 7.53. The SMILES string of the molecule is CC1[C@@H](OCc2ccccc2)[C@@H](OCc2ccccc2)C(COCc2ccccc2)O[C@H]1Sc1ccccc1. The lowest BCUT2D eigenvalue weighted by Crippen LogP contribution is -2.56. The van der Waals surface area contributed by atoms with Gasteiger partial charge in [-0.1, -0.05) is 128 Å². The third-order valence-corrected chi connectivity index (χ3v) is 8.22. The molecular formula is C34H36O4S. The monoisotopic (exact) mass is 540 g/mol. The summed E-state index contributed by atoms with van der Waals surface area (Å²) in [6, 6.07) is 41.2. The van der Waals surface area contributed by atoms with Gasteiger partial charge in [0.1, 0.15) is 17.6 Å². The van der Waals surface area contributed by atoms with Gasteiger partial charge in [0.05, 0.1) is 32.5 Å². The molecule has 2 unspecified atom stereocenters. The van der Waals surface area contributed by atoms with Gasteiger partial charge in [0.2, 0.25) is 0 Å². The maximum absolute atomic E-state index is 6.76. The molecular weight excluding hydrogens is 504 g/mol. The fourth-order valence-electron chi connectivity index (χ4n) is 4.79. The van der Waals surface area contributed by atoms with Crippen LogP contribution < -0.4 is 0 Å². The molecule has 5 rings (SSSR count). The zero-order valence-corrected chi connectivity index (χ0v) is 23.1. The summed E-state index contributed by atoms with van der Waals surface area (Å²) >= 11 is 1.73. The molecule has 1 aliphatic heterocycles. The molecule has 1 aliphatic rings. The van der Waals surface area contributed by atoms with Gasteiger partial charge in [0.15, 0.2) is 0 Å². The van der Waals surface area contributed by atoms with Crippen LogP contribution in [0.3, 0.4) is 0 Å². The van der Waals surface area contributed by atoms with Crippen LogP contribution in [0.1, 0.15) is 23.6 Å². The van der Waals surface area contributed by atoms with Crippen molar-refractivity contribution in [2.24, 2.45) is 5.92 Å². The summed E-state index contributed by atoms with van der Waals surface area (Å²) in [7, 11) is 0. The van der Waals surface area contributed by atoms with E-state index in [2.05, 4.69) is 67.6 Å². The lowest BCUT2D eigenvalue weighted by Gasteiger charge is -2.45. The van der Waals surface area contributed by atoms with Crippen molar-refractivity contribution in [1.82, 2.24) is 0 Å². The fourth-order valence-corrected chi connectivity index (χ4v) is 5.94. The second-order valence-corrected chi connectivity index (χ2v) is 11.0. The summed E-state index contributed by atoms with van der Waals surface area (Å²) in [5.41, 5.74) is 3.30. The number of thioether (sulfide) groups is 1. The Morgan fingerprint density at radius 1 is 0.590 bits per heavy atom. The summed E-state index contributed by atoms with van der Waals surface area (Å²) in [5, 5.41) is 0. The molecule has 0 radical (unpaired) electrons. The molecule has 4 nitrogen and oxygen atoms in total. The number of hydrogen-bond acceptors (Lipinski definition) is 5. The molecule has 4 aromatic rings. The largest absolute Gasteiger partial charge is 0.374 e. The van der Waals surface area contributed by atoms with E-state index in [0.29, 0.717) is 26.4 Å². The van der Waals surface area contributed by atoms with E-state index < -0.39 is 0 Å². The van der Waals surface area contributed by atoms with Crippen molar-refractivity contribution >= 4 is 11.8 Å². The molecule has 0 N–H and O–H groups in total. The van der Waals surface area contributed by atoms with Gasteiger partial charge in [-0.15, -0.1) is 0 Å². The average molecular weight is 541 g/mol. The van der Waals surface area contributed by atoms with Crippen molar-refractivity contribution in [3.63, 3.8) is 0 Å². The van der Waals surface area contributed by atoms with E-state index in [-0.39, 0.29) is 29.7 Å². The van der Waals surface area contributed by atoms with E-state index in [1.165, 1.54) is 4.90 Å². The highest BCUT2D eigenvalue weighted by atomic mass is 32.2. The Morgan fingerprint density at radius 3 is 1.59 bits per heavy atom. The van der Waals surface area contributed by atoms with Crippen molar-refractivity contribution in [3.05, 3.63) is 138 Å². The molecule has 0 spiro atoms. The fraction of sp³-hybridized carbons (Fsp3) is 0.294. The van der Waals surface area contributed by atoms with Crippen LogP contribution in [0.15, 0.2) is 126 Å². The zero-order chi connectivity index (χ0) is 26.7. The topological polar surface area (TPSA) is 36.9 Å². The number of ether oxygens (including phenoxy) is 4. The van der Waals surface area contributed by atoms with Gasteiger partial charge in [-0.25, -0.2) is 0 Å². The van der Waals surface area contributed by atoms with Crippen molar-refractivity contribution in [2.75, 3.05) is 6.61 Å². The molecule has 202 valence electrons. The molecule has 0 bridgehead atoms. The molecule has 5 heteroatoms. The Balaban J connectivity index is 1.37. The Labute approximate surface area is 236 Å². The molecule has 0 amide bonds. The summed E-state index contributed by atoms with van der Waals surface area (Å²) in [5.74, 6) is 0.0880. The molecule has 1 saturated heterocycles. The molecule has 0 saturated carbocycles. The van der Waals surface area contributed by atoms with E-state index in [1.54, 1.807) is 11.8 Å². The maximum Gasteiger partial charge on any atom is 0.113 e. The van der Waals surface area contributed by atoms with Crippen LogP contribution >= 0.6 is 11.8 Å². The Hall–Kier alpha value is -2.93. The first-order valence-electron chi connectivity index (χ1n) is 13.6. The highest BCUT2D eigenvalue weighted by Crippen LogP contribution is 2.39. The Morgan fingerprint density at radius 2 is 1.05 bits per heavy atom. The van der Waals surface area contributed by atoms with Gasteiger partial charge >= 0.3 is 0 Å². The van der Waals surface area contributed by atoms with Crippen LogP contribution in [-0.4, -0.2) is 30.4 Å². The van der Waals surface area contributed by atoms with Crippen LogP contribution in [0.25, 0.3) is 0 Å². The van der Waals surface area contributed by atoms with Crippen molar-refractivity contribution in [3.8, 4) is 0 Å². The van der Waals surface area contributed by atoms with Gasteiger partial charge in [-0.05, 0) is 28.8 Å². The Bertz CT molecular complexity index is 1220. The van der Waals surface area contributed by atoms with E-state index in [1.807, 2.05) is 60.7 Å². The first-order valence-corrected chi connectivity index (χ1v) is 14.4. The van der Waals surface area contributed by atoms with E-state index in [0.717, 1.165) is 16.7 Å². The van der Waals surface area contributed by atoms with Crippen LogP contribution in [0.4, 0.5) is 0 Å². The minimum absolute atomic E-state index is 0.0880. The third kappa shape index (κ3) is 8.04. The molecule has 0 aliphatic carbocycles. The first kappa shape index (κ1) is 27.6. The van der Waals surface area contributed by atoms with Crippen molar-refractivity contribution in [2.45, 2.75) is 55.4 Å². The summed E-state index contributed by atoms with van der Waals surface area (Å²) in [6.45, 7) is 4.14. The van der Waals surface area contributed by atoms with Crippen LogP contribution in [-0.2, 0) is 38.8 Å². The minimum Gasteiger partial charge on any atom is -0.374 e. The van der Waals surface area contributed by atoms with Crippen LogP contribution in [0.5, 0.6) is 0 Å². The second-order valence-electron chi connectivity index (χ2n) is 9.86. The Kier molecular flexibility index (Phi) is 10.2. The standard InChI is InChI=1S/C34H36O4S/c1-26-32(36-23-28-16-8-3-9-17-28)33(37-24-29-18-10-4-11-19-29)31(25-35-22-27-14-6-2-7-15-27)38-34(26)39-30-20-12-5-13-21-30/h2-21,26,31-34H,22-25H2,1H3/t26?,31?,32-,33+,34+/m1/s1. The third-order valence-electron chi connectivity index (χ3n) is 6.91. The molecule has 1 heterocycles. The number of rotatable bonds is 12. The molecule has 0 aromatic heterocycles. The molecule has 4 aromatic carbocycles. The lowest BCUT2D eigenvalue weighted by atomic mass is 9.93. The van der Waals surface area contributed by atoms with Crippen LogP contribution in [0.2, 0.25) is 0 Å². The normalized spacial score (nSPS) is 22.9. The number of hydrogen-bond donors (Lipinski definition) is 0. The van der Waals surface area contributed by atoms with Gasteiger partial charge in [-0.2, -0.15) is 0 Å². The van der Waals surface area contributed by atoms with Gasteiger partial charge in [0.25, 0.3) is 0 Å². The summed E-state index contributed by atoms with van der Waals surface area (Å²) in [4.78, 5) is 1.17. The molecule has 39 heavy (non-hydrogen) atoms. The predicted molar refractivity (Wildman–Crippen MR) is 156 cm³/mol. The maximum atomic E-state index is 6.76. The zero-order valence-electron chi connectivity index (χ0n) is 22.3. The van der Waals surface area contributed by atoms with Crippen molar-refractivity contribution < 1.29 is 18.9 Å². The average Bonchev–Trinajstić information content (AvgIpc) is 2.99. The van der Waals surface area contributed by atoms with Gasteiger partial charge in [-0.3, -0.25) is 0 Å². The second kappa shape index (κ2) is 14.5. The van der Waals surface area contributed by atoms with E-state index in [9.17, 15) is 0 Å². The smallest absolute Gasteiger partial charge is 0.113 e. The first-order chi connectivity index (χ1) is 19.3. The lowest BCUT2D eigenvalue weighted by molar-refractivity contribution is -0.224. The van der Waals surface area contributed by atoms with Crippen molar-refractivity contribution in [1.29, 1.82) is 0 Å². The van der Waals surface area contributed by atoms with E-state index in [4.69, 9.17) is 18.9 Å². The van der Waals surface area contributed by atoms with Gasteiger partial charge in [0, 0.05) is 10.8 Å². The van der Waals surface area contributed by atoms with Gasteiger partial charge < -0.3 is 18.9 Å². The minimum atomic E-state index is -0.285. The summed E-state index contributed by atoms with van der Waals surface area (Å²) in [6.07, 6.45) is -0.739. The van der Waals surface area contributed by atoms with Crippen LogP contribution in [0, 0.1) is 5.92 Å². The molecule has 5 atom stereocenters. The van der Waals surface area contributed by atoms with E-state index >= 15 is 0 Å². The highest BCUT2D eigenvalue weighted by molar-refractivity contribution is 7.99.